The van der Waals surface area contributed by atoms with Crippen LogP contribution < -0.4 is 10.4 Å². The topological polar surface area (TPSA) is 58.6 Å². The van der Waals surface area contributed by atoms with Gasteiger partial charge in [0.25, 0.3) is 5.91 Å². The highest BCUT2D eigenvalue weighted by Crippen LogP contribution is 2.39. The van der Waals surface area contributed by atoms with Gasteiger partial charge < -0.3 is 0 Å². The molecule has 1 atom stereocenters. The predicted molar refractivity (Wildman–Crippen MR) is 107 cm³/mol. The van der Waals surface area contributed by atoms with Crippen LogP contribution >= 0.6 is 11.6 Å². The second-order valence-electron chi connectivity index (χ2n) is 6.87. The summed E-state index contributed by atoms with van der Waals surface area (Å²) in [6, 6.07) is 20.6. The zero-order chi connectivity index (χ0) is 19.3. The number of imide groups is 1. The van der Waals surface area contributed by atoms with Gasteiger partial charge in [-0.2, -0.15) is 0 Å². The maximum absolute atomic E-state index is 13.2. The van der Waals surface area contributed by atoms with E-state index < -0.39 is 11.5 Å². The largest absolute Gasteiger partial charge is 0.274 e. The Hall–Kier alpha value is -3.15. The molecule has 3 aromatic rings. The van der Waals surface area contributed by atoms with Crippen LogP contribution in [-0.4, -0.2) is 17.4 Å². The molecule has 0 aliphatic carbocycles. The van der Waals surface area contributed by atoms with Crippen molar-refractivity contribution in [2.24, 2.45) is 0 Å². The fourth-order valence-corrected chi connectivity index (χ4v) is 3.94. The summed E-state index contributed by atoms with van der Waals surface area (Å²) in [6.45, 7) is 0. The van der Waals surface area contributed by atoms with Gasteiger partial charge >= 0.3 is 0 Å². The van der Waals surface area contributed by atoms with Gasteiger partial charge in [0.05, 0.1) is 17.8 Å². The molecule has 1 saturated heterocycles. The monoisotopic (exact) mass is 390 g/mol. The molecule has 0 bridgehead atoms. The van der Waals surface area contributed by atoms with Gasteiger partial charge in [0, 0.05) is 10.6 Å². The lowest BCUT2D eigenvalue weighted by Gasteiger charge is -2.19. The smallest absolute Gasteiger partial charge is 0.273 e. The molecule has 1 spiro atoms. The first-order valence-electron chi connectivity index (χ1n) is 8.85. The lowest BCUT2D eigenvalue weighted by molar-refractivity contribution is -0.136. The number of halogens is 1. The molecular weight excluding hydrogens is 376 g/mol. The zero-order valence-electron chi connectivity index (χ0n) is 14.7. The van der Waals surface area contributed by atoms with E-state index in [2.05, 4.69) is 5.48 Å². The molecule has 138 valence electrons. The van der Waals surface area contributed by atoms with E-state index in [0.717, 1.165) is 10.8 Å². The summed E-state index contributed by atoms with van der Waals surface area (Å²) < 4.78 is 0. The van der Waals surface area contributed by atoms with Crippen LogP contribution in [0.1, 0.15) is 12.0 Å². The number of nitrogens with zero attached hydrogens (tertiary/aromatic N) is 1. The number of hydrogen-bond donors (Lipinski definition) is 1. The average molecular weight is 391 g/mol. The average Bonchev–Trinajstić information content (AvgIpc) is 3.23. The molecule has 3 aromatic carbocycles. The molecule has 2 amide bonds. The van der Waals surface area contributed by atoms with Crippen molar-refractivity contribution in [3.8, 4) is 0 Å². The summed E-state index contributed by atoms with van der Waals surface area (Å²) in [6.07, 6.45) is 1.58. The van der Waals surface area contributed by atoms with Crippen LogP contribution in [0.4, 0.5) is 5.69 Å². The Kier molecular flexibility index (Phi) is 3.75. The van der Waals surface area contributed by atoms with Gasteiger partial charge in [-0.25, -0.2) is 4.90 Å². The molecule has 5 nitrogen and oxygen atoms in total. The summed E-state index contributed by atoms with van der Waals surface area (Å²) in [7, 11) is 0. The van der Waals surface area contributed by atoms with E-state index in [9.17, 15) is 9.59 Å². The molecule has 6 heteroatoms. The molecule has 0 saturated carbocycles. The Bertz CT molecular complexity index is 1170. The maximum atomic E-state index is 13.2. The Labute approximate surface area is 166 Å². The predicted octanol–water partition coefficient (Wildman–Crippen LogP) is 4.07. The van der Waals surface area contributed by atoms with Gasteiger partial charge in [-0.05, 0) is 35.0 Å². The highest BCUT2D eigenvalue weighted by molar-refractivity contribution is 6.32. The fourth-order valence-electron chi connectivity index (χ4n) is 3.70. The van der Waals surface area contributed by atoms with Crippen molar-refractivity contribution in [1.29, 1.82) is 0 Å². The van der Waals surface area contributed by atoms with E-state index in [1.165, 1.54) is 4.90 Å². The van der Waals surface area contributed by atoms with E-state index >= 15 is 0 Å². The van der Waals surface area contributed by atoms with Gasteiger partial charge in [-0.1, -0.05) is 60.1 Å². The van der Waals surface area contributed by atoms with E-state index in [1.807, 2.05) is 54.6 Å². The Morgan fingerprint density at radius 2 is 1.71 bits per heavy atom. The number of carbonyl (C=O) groups is 2. The van der Waals surface area contributed by atoms with Crippen molar-refractivity contribution in [1.82, 2.24) is 5.48 Å². The second kappa shape index (κ2) is 6.19. The number of hydrogen-bond acceptors (Lipinski definition) is 4. The quantitative estimate of drug-likeness (QED) is 0.670. The maximum Gasteiger partial charge on any atom is 0.273 e. The number of amides is 2. The van der Waals surface area contributed by atoms with Gasteiger partial charge in [0.15, 0.2) is 0 Å². The minimum atomic E-state index is -1.36. The third-order valence-corrected chi connectivity index (χ3v) is 5.43. The van der Waals surface area contributed by atoms with E-state index in [1.54, 1.807) is 18.2 Å². The first-order valence-corrected chi connectivity index (χ1v) is 9.23. The van der Waals surface area contributed by atoms with Crippen LogP contribution in [0.15, 0.2) is 72.8 Å². The molecule has 2 aliphatic heterocycles. The van der Waals surface area contributed by atoms with Crippen LogP contribution in [0, 0.1) is 0 Å². The van der Waals surface area contributed by atoms with E-state index in [0.29, 0.717) is 22.0 Å². The first-order chi connectivity index (χ1) is 13.6. The second-order valence-corrected chi connectivity index (χ2v) is 7.28. The molecule has 2 aliphatic rings. The van der Waals surface area contributed by atoms with Crippen LogP contribution in [-0.2, 0) is 14.4 Å². The number of benzene rings is 3. The van der Waals surface area contributed by atoms with Crippen LogP contribution in [0.3, 0.4) is 0 Å². The normalized spacial score (nSPS) is 21.5. The third kappa shape index (κ3) is 2.52. The summed E-state index contributed by atoms with van der Waals surface area (Å²) in [5.74, 6) is -0.721. The number of hydroxylamine groups is 1. The molecule has 0 radical (unpaired) electrons. The van der Waals surface area contributed by atoms with Crippen molar-refractivity contribution < 1.29 is 14.4 Å². The van der Waals surface area contributed by atoms with Crippen molar-refractivity contribution in [3.63, 3.8) is 0 Å². The number of carbonyl (C=O) groups excluding carboxylic acids is 2. The molecule has 0 unspecified atom stereocenters. The molecule has 2 heterocycles. The summed E-state index contributed by atoms with van der Waals surface area (Å²) in [5.41, 5.74) is 3.24. The van der Waals surface area contributed by atoms with E-state index in [-0.39, 0.29) is 12.3 Å². The van der Waals surface area contributed by atoms with Gasteiger partial charge in [-0.3, -0.25) is 19.9 Å². The van der Waals surface area contributed by atoms with Crippen LogP contribution in [0.2, 0.25) is 5.02 Å². The van der Waals surface area contributed by atoms with Gasteiger partial charge in [-0.15, -0.1) is 0 Å². The summed E-state index contributed by atoms with van der Waals surface area (Å²) >= 11 is 6.25. The molecule has 1 fully saturated rings. The van der Waals surface area contributed by atoms with Crippen molar-refractivity contribution >= 4 is 45.6 Å². The lowest BCUT2D eigenvalue weighted by atomic mass is 9.99. The number of rotatable bonds is 2. The third-order valence-electron chi connectivity index (χ3n) is 5.10. The number of anilines is 1. The van der Waals surface area contributed by atoms with Crippen molar-refractivity contribution in [3.05, 3.63) is 83.4 Å². The van der Waals surface area contributed by atoms with Gasteiger partial charge in [0.2, 0.25) is 11.5 Å². The molecule has 28 heavy (non-hydrogen) atoms. The van der Waals surface area contributed by atoms with Crippen molar-refractivity contribution in [2.45, 2.75) is 12.0 Å². The summed E-state index contributed by atoms with van der Waals surface area (Å²) in [5, 5.41) is 2.53. The van der Waals surface area contributed by atoms with Crippen LogP contribution in [0.5, 0.6) is 0 Å². The first kappa shape index (κ1) is 17.0. The summed E-state index contributed by atoms with van der Waals surface area (Å²) in [4.78, 5) is 32.8. The highest BCUT2D eigenvalue weighted by atomic mass is 35.5. The Morgan fingerprint density at radius 1 is 0.964 bits per heavy atom. The molecule has 5 rings (SSSR count). The Balaban J connectivity index is 1.53. The SMILES string of the molecule is O=C1C[C@]2(C=C(c3ccccc3Cl)NO2)C(=O)N1c1ccc2ccccc2c1. The minimum absolute atomic E-state index is 0.0698. The highest BCUT2D eigenvalue weighted by Gasteiger charge is 2.55. The molecule has 0 aromatic heterocycles. The Morgan fingerprint density at radius 3 is 2.54 bits per heavy atom. The van der Waals surface area contributed by atoms with E-state index in [4.69, 9.17) is 16.4 Å². The van der Waals surface area contributed by atoms with Crippen molar-refractivity contribution in [2.75, 3.05) is 4.90 Å². The lowest BCUT2D eigenvalue weighted by Crippen LogP contribution is -2.40. The zero-order valence-corrected chi connectivity index (χ0v) is 15.4. The molecule has 1 N–H and O–H groups in total. The molecular formula is C22H15ClN2O3. The number of nitrogens with one attached hydrogen (secondary N) is 1. The van der Waals surface area contributed by atoms with Crippen LogP contribution in [0.25, 0.3) is 16.5 Å². The minimum Gasteiger partial charge on any atom is -0.274 e. The van der Waals surface area contributed by atoms with Gasteiger partial charge in [0.1, 0.15) is 0 Å². The fraction of sp³-hybridized carbons (Fsp3) is 0.0909. The number of fused-ring (bicyclic) bond motifs is 1. The standard InChI is InChI=1S/C22H15ClN2O3/c23-18-8-4-3-7-17(18)19-12-22(28-24-19)13-20(26)25(21(22)27)16-10-9-14-5-1-2-6-15(14)11-16/h1-12,24H,13H2/t22-/m1/s1.